The van der Waals surface area contributed by atoms with Crippen LogP contribution in [0.3, 0.4) is 0 Å². The highest BCUT2D eigenvalue weighted by atomic mass is 32.2. The van der Waals surface area contributed by atoms with Gasteiger partial charge in [0.2, 0.25) is 10.0 Å². The second-order valence-electron chi connectivity index (χ2n) is 6.09. The second-order valence-corrected chi connectivity index (χ2v) is 8.21. The lowest BCUT2D eigenvalue weighted by atomic mass is 10.2. The average Bonchev–Trinajstić information content (AvgIpc) is 2.67. The van der Waals surface area contributed by atoms with E-state index in [0.717, 1.165) is 12.1 Å². The molecule has 0 amide bonds. The molecule has 2 N–H and O–H groups in total. The van der Waals surface area contributed by atoms with Crippen molar-refractivity contribution in [2.75, 3.05) is 27.2 Å². The number of nitrogens with one attached hydrogen (secondary N) is 2. The zero-order valence-corrected chi connectivity index (χ0v) is 16.8. The van der Waals surface area contributed by atoms with Crippen LogP contribution in [-0.4, -0.2) is 50.9 Å². The van der Waals surface area contributed by atoms with Crippen LogP contribution in [0.15, 0.2) is 58.5 Å². The van der Waals surface area contributed by atoms with Crippen molar-refractivity contribution >= 4 is 16.0 Å². The third kappa shape index (κ3) is 6.04. The average molecular weight is 390 g/mol. The van der Waals surface area contributed by atoms with E-state index >= 15 is 0 Å². The highest BCUT2D eigenvalue weighted by Crippen LogP contribution is 2.19. The van der Waals surface area contributed by atoms with Gasteiger partial charge in [-0.15, -0.1) is 0 Å². The molecule has 0 unspecified atom stereocenters. The summed E-state index contributed by atoms with van der Waals surface area (Å²) in [6.07, 6.45) is 2.55. The molecule has 0 atom stereocenters. The van der Waals surface area contributed by atoms with E-state index in [0.29, 0.717) is 24.6 Å². The molecule has 1 heterocycles. The van der Waals surface area contributed by atoms with Gasteiger partial charge in [-0.1, -0.05) is 24.3 Å². The molecule has 0 radical (unpaired) electrons. The topological polar surface area (TPSA) is 86.7 Å². The van der Waals surface area contributed by atoms with Crippen molar-refractivity contribution in [3.05, 3.63) is 59.9 Å². The van der Waals surface area contributed by atoms with E-state index in [1.165, 1.54) is 18.4 Å². The van der Waals surface area contributed by atoms with Gasteiger partial charge in [0.05, 0.1) is 11.4 Å². The second kappa shape index (κ2) is 10.0. The Hall–Kier alpha value is -2.45. The normalized spacial score (nSPS) is 12.2. The van der Waals surface area contributed by atoms with E-state index in [1.54, 1.807) is 24.4 Å². The number of benzene rings is 1. The fourth-order valence-electron chi connectivity index (χ4n) is 2.44. The third-order valence-electron chi connectivity index (χ3n) is 3.88. The largest absolute Gasteiger partial charge is 0.357 e. The van der Waals surface area contributed by atoms with Crippen LogP contribution in [-0.2, 0) is 23.0 Å². The fourth-order valence-corrected chi connectivity index (χ4v) is 3.55. The van der Waals surface area contributed by atoms with Crippen LogP contribution in [0.25, 0.3) is 0 Å². The highest BCUT2D eigenvalue weighted by molar-refractivity contribution is 7.89. The number of rotatable bonds is 8. The van der Waals surface area contributed by atoms with E-state index in [9.17, 15) is 8.42 Å². The number of hydrogen-bond donors (Lipinski definition) is 2. The molecule has 2 rings (SSSR count). The fraction of sp³-hybridized carbons (Fsp3) is 0.368. The summed E-state index contributed by atoms with van der Waals surface area (Å²) in [4.78, 5) is 9.12. The smallest absolute Gasteiger partial charge is 0.242 e. The van der Waals surface area contributed by atoms with Gasteiger partial charge in [0.15, 0.2) is 5.96 Å². The summed E-state index contributed by atoms with van der Waals surface area (Å²) in [5, 5.41) is 6.44. The molecule has 1 aromatic carbocycles. The summed E-state index contributed by atoms with van der Waals surface area (Å²) >= 11 is 0. The maximum atomic E-state index is 12.5. The number of pyridine rings is 1. The monoisotopic (exact) mass is 389 g/mol. The van der Waals surface area contributed by atoms with E-state index in [-0.39, 0.29) is 11.4 Å². The van der Waals surface area contributed by atoms with E-state index in [4.69, 9.17) is 0 Å². The molecule has 0 aliphatic carbocycles. The molecule has 27 heavy (non-hydrogen) atoms. The minimum absolute atomic E-state index is 0.266. The summed E-state index contributed by atoms with van der Waals surface area (Å²) < 4.78 is 26.2. The number of nitrogens with zero attached hydrogens (tertiary/aromatic N) is 3. The SMILES string of the molecule is CCNC(=NCc1ccccc1S(=O)(=O)N(C)C)NCCc1ccccn1. The van der Waals surface area contributed by atoms with E-state index in [1.807, 2.05) is 31.2 Å². The Labute approximate surface area is 161 Å². The Morgan fingerprint density at radius 1 is 1.11 bits per heavy atom. The van der Waals surface area contributed by atoms with Crippen molar-refractivity contribution in [2.45, 2.75) is 24.8 Å². The van der Waals surface area contributed by atoms with Crippen molar-refractivity contribution in [3.8, 4) is 0 Å². The van der Waals surface area contributed by atoms with Gasteiger partial charge in [0, 0.05) is 45.5 Å². The summed E-state index contributed by atoms with van der Waals surface area (Å²) in [7, 11) is -0.453. The number of guanidine groups is 1. The maximum Gasteiger partial charge on any atom is 0.242 e. The number of hydrogen-bond acceptors (Lipinski definition) is 4. The highest BCUT2D eigenvalue weighted by Gasteiger charge is 2.20. The zero-order chi connectivity index (χ0) is 19.7. The number of aliphatic imine (C=N–C) groups is 1. The van der Waals surface area contributed by atoms with Crippen molar-refractivity contribution in [2.24, 2.45) is 4.99 Å². The van der Waals surface area contributed by atoms with Crippen LogP contribution in [0.5, 0.6) is 0 Å². The first kappa shape index (κ1) is 20.9. The predicted molar refractivity (Wildman–Crippen MR) is 108 cm³/mol. The molecule has 0 bridgehead atoms. The summed E-state index contributed by atoms with van der Waals surface area (Å²) in [6.45, 7) is 3.65. The molecule has 1 aromatic heterocycles. The zero-order valence-electron chi connectivity index (χ0n) is 16.0. The molecule has 0 saturated carbocycles. The van der Waals surface area contributed by atoms with Gasteiger partial charge in [-0.05, 0) is 30.7 Å². The standard InChI is InChI=1S/C19H27N5O2S/c1-4-20-19(22-14-12-17-10-7-8-13-21-17)23-15-16-9-5-6-11-18(16)27(25,26)24(2)3/h5-11,13H,4,12,14-15H2,1-3H3,(H2,20,22,23). The summed E-state index contributed by atoms with van der Waals surface area (Å²) in [5.74, 6) is 0.644. The molecule has 0 aliphatic heterocycles. The predicted octanol–water partition coefficient (Wildman–Crippen LogP) is 1.63. The minimum Gasteiger partial charge on any atom is -0.357 e. The van der Waals surface area contributed by atoms with Crippen LogP contribution in [0.1, 0.15) is 18.2 Å². The van der Waals surface area contributed by atoms with E-state index < -0.39 is 10.0 Å². The Balaban J connectivity index is 2.08. The van der Waals surface area contributed by atoms with Crippen LogP contribution in [0, 0.1) is 0 Å². The van der Waals surface area contributed by atoms with Crippen molar-refractivity contribution in [3.63, 3.8) is 0 Å². The Bertz CT molecular complexity index is 851. The minimum atomic E-state index is -3.51. The van der Waals surface area contributed by atoms with Gasteiger partial charge < -0.3 is 10.6 Å². The van der Waals surface area contributed by atoms with E-state index in [2.05, 4.69) is 20.6 Å². The molecule has 0 aliphatic rings. The van der Waals surface area contributed by atoms with Gasteiger partial charge in [-0.2, -0.15) is 0 Å². The molecule has 0 saturated heterocycles. The first-order valence-electron chi connectivity index (χ1n) is 8.87. The van der Waals surface area contributed by atoms with Crippen LogP contribution >= 0.6 is 0 Å². The summed E-state index contributed by atoms with van der Waals surface area (Å²) in [5.41, 5.74) is 1.66. The molecule has 2 aromatic rings. The Morgan fingerprint density at radius 3 is 2.52 bits per heavy atom. The molecule has 7 nitrogen and oxygen atoms in total. The van der Waals surface area contributed by atoms with Crippen molar-refractivity contribution in [1.82, 2.24) is 19.9 Å². The molecule has 0 fully saturated rings. The van der Waals surface area contributed by atoms with Gasteiger partial charge in [-0.25, -0.2) is 17.7 Å². The third-order valence-corrected chi connectivity index (χ3v) is 5.80. The van der Waals surface area contributed by atoms with Crippen molar-refractivity contribution < 1.29 is 8.42 Å². The summed E-state index contributed by atoms with van der Waals surface area (Å²) in [6, 6.07) is 12.8. The van der Waals surface area contributed by atoms with Crippen LogP contribution in [0.4, 0.5) is 0 Å². The van der Waals surface area contributed by atoms with Gasteiger partial charge in [0.1, 0.15) is 0 Å². The van der Waals surface area contributed by atoms with Gasteiger partial charge in [-0.3, -0.25) is 4.98 Å². The first-order chi connectivity index (χ1) is 12.9. The quantitative estimate of drug-likeness (QED) is 0.529. The van der Waals surface area contributed by atoms with Crippen LogP contribution < -0.4 is 10.6 Å². The van der Waals surface area contributed by atoms with Crippen molar-refractivity contribution in [1.29, 1.82) is 0 Å². The number of sulfonamides is 1. The lowest BCUT2D eigenvalue weighted by Crippen LogP contribution is -2.38. The van der Waals surface area contributed by atoms with Crippen LogP contribution in [0.2, 0.25) is 0 Å². The molecular formula is C19H27N5O2S. The lowest BCUT2D eigenvalue weighted by molar-refractivity contribution is 0.519. The number of aromatic nitrogens is 1. The Morgan fingerprint density at radius 2 is 1.85 bits per heavy atom. The lowest BCUT2D eigenvalue weighted by Gasteiger charge is -2.15. The first-order valence-corrected chi connectivity index (χ1v) is 10.3. The Kier molecular flexibility index (Phi) is 7.75. The maximum absolute atomic E-state index is 12.5. The van der Waals surface area contributed by atoms with Gasteiger partial charge in [0.25, 0.3) is 0 Å². The molecule has 8 heteroatoms. The molecule has 146 valence electrons. The molecular weight excluding hydrogens is 362 g/mol. The molecule has 0 spiro atoms. The van der Waals surface area contributed by atoms with Gasteiger partial charge >= 0.3 is 0 Å².